The van der Waals surface area contributed by atoms with Gasteiger partial charge < -0.3 is 15.4 Å². The van der Waals surface area contributed by atoms with E-state index in [2.05, 4.69) is 15.6 Å². The number of carbonyl (C=O) groups is 3. The molecule has 0 spiro atoms. The van der Waals surface area contributed by atoms with Crippen LogP contribution in [0.1, 0.15) is 28.5 Å². The van der Waals surface area contributed by atoms with Crippen LogP contribution in [0.5, 0.6) is 0 Å². The van der Waals surface area contributed by atoms with Crippen molar-refractivity contribution < 1.29 is 19.1 Å². The zero-order valence-electron chi connectivity index (χ0n) is 15.2. The number of nitrogens with zero attached hydrogens (tertiary/aromatic N) is 1. The number of esters is 1. The second kappa shape index (κ2) is 9.14. The highest BCUT2D eigenvalue weighted by molar-refractivity contribution is 6.30. The third-order valence-electron chi connectivity index (χ3n) is 3.67. The van der Waals surface area contributed by atoms with E-state index in [1.54, 1.807) is 6.07 Å². The van der Waals surface area contributed by atoms with Crippen molar-refractivity contribution in [2.75, 3.05) is 11.9 Å². The zero-order valence-corrected chi connectivity index (χ0v) is 16.0. The number of ether oxygens (including phenoxy) is 1. The minimum absolute atomic E-state index is 0.0796. The van der Waals surface area contributed by atoms with E-state index in [1.165, 1.54) is 25.3 Å². The quantitative estimate of drug-likeness (QED) is 0.740. The van der Waals surface area contributed by atoms with Crippen molar-refractivity contribution in [2.45, 2.75) is 26.9 Å². The minimum Gasteiger partial charge on any atom is -0.451 e. The Kier molecular flexibility index (Phi) is 6.90. The van der Waals surface area contributed by atoms with E-state index in [1.807, 2.05) is 26.0 Å². The Morgan fingerprint density at radius 3 is 2.59 bits per heavy atom. The molecule has 0 unspecified atom stereocenters. The molecule has 1 atom stereocenters. The summed E-state index contributed by atoms with van der Waals surface area (Å²) in [6.45, 7) is 4.89. The van der Waals surface area contributed by atoms with Crippen molar-refractivity contribution in [3.63, 3.8) is 0 Å². The SMILES string of the molecule is Cc1ccc(NC(=O)[C@@H](C)OC(=O)CNC(=O)c2cc(Cl)ccn2)c(C)c1. The molecule has 7 nitrogen and oxygen atoms in total. The molecule has 0 bridgehead atoms. The van der Waals surface area contributed by atoms with Crippen molar-refractivity contribution in [3.8, 4) is 0 Å². The van der Waals surface area contributed by atoms with Crippen molar-refractivity contribution in [1.82, 2.24) is 10.3 Å². The maximum absolute atomic E-state index is 12.2. The van der Waals surface area contributed by atoms with Gasteiger partial charge in [-0.1, -0.05) is 29.3 Å². The Balaban J connectivity index is 1.83. The summed E-state index contributed by atoms with van der Waals surface area (Å²) in [7, 11) is 0. The van der Waals surface area contributed by atoms with Gasteiger partial charge in [-0.05, 0) is 44.5 Å². The molecule has 0 aliphatic heterocycles. The number of halogens is 1. The number of pyridine rings is 1. The Morgan fingerprint density at radius 2 is 1.93 bits per heavy atom. The van der Waals surface area contributed by atoms with Gasteiger partial charge in [0.2, 0.25) is 0 Å². The normalized spacial score (nSPS) is 11.4. The first-order chi connectivity index (χ1) is 12.8. The zero-order chi connectivity index (χ0) is 20.0. The van der Waals surface area contributed by atoms with Gasteiger partial charge in [0.1, 0.15) is 12.2 Å². The largest absolute Gasteiger partial charge is 0.451 e. The van der Waals surface area contributed by atoms with E-state index >= 15 is 0 Å². The molecule has 0 saturated heterocycles. The Labute approximate surface area is 162 Å². The summed E-state index contributed by atoms with van der Waals surface area (Å²) < 4.78 is 5.05. The first-order valence-electron chi connectivity index (χ1n) is 8.23. The number of amides is 2. The fraction of sp³-hybridized carbons (Fsp3) is 0.263. The van der Waals surface area contributed by atoms with E-state index in [0.29, 0.717) is 10.7 Å². The predicted octanol–water partition coefficient (Wildman–Crippen LogP) is 2.65. The van der Waals surface area contributed by atoms with Gasteiger partial charge in [-0.15, -0.1) is 0 Å². The minimum atomic E-state index is -1.01. The van der Waals surface area contributed by atoms with Crippen LogP contribution in [0, 0.1) is 13.8 Å². The van der Waals surface area contributed by atoms with Crippen molar-refractivity contribution in [1.29, 1.82) is 0 Å². The molecule has 0 radical (unpaired) electrons. The second-order valence-corrected chi connectivity index (χ2v) is 6.42. The number of carbonyl (C=O) groups excluding carboxylic acids is 3. The molecular weight excluding hydrogens is 370 g/mol. The number of hydrogen-bond donors (Lipinski definition) is 2. The molecule has 2 rings (SSSR count). The van der Waals surface area contributed by atoms with Crippen LogP contribution in [0.2, 0.25) is 5.02 Å². The van der Waals surface area contributed by atoms with Crippen LogP contribution in [-0.2, 0) is 14.3 Å². The third-order valence-corrected chi connectivity index (χ3v) is 3.90. The number of aryl methyl sites for hydroxylation is 2. The fourth-order valence-electron chi connectivity index (χ4n) is 2.25. The molecule has 1 heterocycles. The van der Waals surface area contributed by atoms with Gasteiger partial charge in [0, 0.05) is 16.9 Å². The Bertz CT molecular complexity index is 870. The van der Waals surface area contributed by atoms with Crippen LogP contribution < -0.4 is 10.6 Å². The average molecular weight is 390 g/mol. The number of nitrogens with one attached hydrogen (secondary N) is 2. The average Bonchev–Trinajstić information content (AvgIpc) is 2.61. The summed E-state index contributed by atoms with van der Waals surface area (Å²) in [4.78, 5) is 39.8. The molecule has 0 saturated carbocycles. The van der Waals surface area contributed by atoms with Gasteiger partial charge >= 0.3 is 5.97 Å². The molecular formula is C19H20ClN3O4. The lowest BCUT2D eigenvalue weighted by Crippen LogP contribution is -2.36. The van der Waals surface area contributed by atoms with Crippen molar-refractivity contribution >= 4 is 35.1 Å². The molecule has 0 aliphatic rings. The lowest BCUT2D eigenvalue weighted by atomic mass is 10.1. The van der Waals surface area contributed by atoms with E-state index in [-0.39, 0.29) is 5.69 Å². The van der Waals surface area contributed by atoms with Gasteiger partial charge in [0.25, 0.3) is 11.8 Å². The standard InChI is InChI=1S/C19H20ClN3O4/c1-11-4-5-15(12(2)8-11)23-18(25)13(3)27-17(24)10-22-19(26)16-9-14(20)6-7-21-16/h4-9,13H,10H2,1-3H3,(H,22,26)(H,23,25)/t13-/m1/s1. The molecule has 27 heavy (non-hydrogen) atoms. The Morgan fingerprint density at radius 1 is 1.19 bits per heavy atom. The van der Waals surface area contributed by atoms with Crippen LogP contribution in [-0.4, -0.2) is 35.4 Å². The summed E-state index contributed by atoms with van der Waals surface area (Å²) in [5.74, 6) is -1.77. The molecule has 142 valence electrons. The smallest absolute Gasteiger partial charge is 0.326 e. The number of hydrogen-bond acceptors (Lipinski definition) is 5. The molecule has 2 amide bonds. The molecule has 0 aliphatic carbocycles. The molecule has 2 N–H and O–H groups in total. The highest BCUT2D eigenvalue weighted by atomic mass is 35.5. The number of aromatic nitrogens is 1. The number of rotatable bonds is 6. The monoisotopic (exact) mass is 389 g/mol. The van der Waals surface area contributed by atoms with Crippen LogP contribution in [0.3, 0.4) is 0 Å². The van der Waals surface area contributed by atoms with Gasteiger partial charge in [-0.2, -0.15) is 0 Å². The lowest BCUT2D eigenvalue weighted by Gasteiger charge is -2.15. The summed E-state index contributed by atoms with van der Waals surface area (Å²) in [5.41, 5.74) is 2.71. The first kappa shape index (κ1) is 20.4. The summed E-state index contributed by atoms with van der Waals surface area (Å²) in [6.07, 6.45) is 0.370. The number of anilines is 1. The van der Waals surface area contributed by atoms with Crippen LogP contribution in [0.4, 0.5) is 5.69 Å². The highest BCUT2D eigenvalue weighted by Crippen LogP contribution is 2.16. The molecule has 0 fully saturated rings. The van der Waals surface area contributed by atoms with E-state index in [9.17, 15) is 14.4 Å². The third kappa shape index (κ3) is 6.07. The maximum Gasteiger partial charge on any atom is 0.326 e. The van der Waals surface area contributed by atoms with E-state index in [4.69, 9.17) is 16.3 Å². The lowest BCUT2D eigenvalue weighted by molar-refractivity contribution is -0.152. The first-order valence-corrected chi connectivity index (χ1v) is 8.61. The molecule has 8 heteroatoms. The molecule has 1 aromatic carbocycles. The van der Waals surface area contributed by atoms with Crippen LogP contribution in [0.25, 0.3) is 0 Å². The summed E-state index contributed by atoms with van der Waals surface area (Å²) in [6, 6.07) is 8.50. The van der Waals surface area contributed by atoms with Gasteiger partial charge in [0.05, 0.1) is 0 Å². The van der Waals surface area contributed by atoms with Crippen LogP contribution >= 0.6 is 11.6 Å². The molecule has 2 aromatic rings. The van der Waals surface area contributed by atoms with E-state index in [0.717, 1.165) is 11.1 Å². The summed E-state index contributed by atoms with van der Waals surface area (Å²) >= 11 is 5.79. The number of benzene rings is 1. The van der Waals surface area contributed by atoms with Gasteiger partial charge in [0.15, 0.2) is 6.10 Å². The topological polar surface area (TPSA) is 97.4 Å². The van der Waals surface area contributed by atoms with Crippen molar-refractivity contribution in [3.05, 3.63) is 58.4 Å². The second-order valence-electron chi connectivity index (χ2n) is 5.98. The van der Waals surface area contributed by atoms with Gasteiger partial charge in [-0.3, -0.25) is 19.4 Å². The fourth-order valence-corrected chi connectivity index (χ4v) is 2.41. The highest BCUT2D eigenvalue weighted by Gasteiger charge is 2.19. The Hall–Kier alpha value is -2.93. The van der Waals surface area contributed by atoms with Crippen LogP contribution in [0.15, 0.2) is 36.5 Å². The maximum atomic E-state index is 12.2. The van der Waals surface area contributed by atoms with Gasteiger partial charge in [-0.25, -0.2) is 0 Å². The van der Waals surface area contributed by atoms with Crippen molar-refractivity contribution in [2.24, 2.45) is 0 Å². The summed E-state index contributed by atoms with van der Waals surface area (Å²) in [5, 5.41) is 5.44. The predicted molar refractivity (Wildman–Crippen MR) is 102 cm³/mol. The molecule has 1 aromatic heterocycles. The van der Waals surface area contributed by atoms with E-state index < -0.39 is 30.4 Å².